The maximum absolute atomic E-state index is 12.9. The molecule has 3 nitrogen and oxygen atoms in total. The maximum Gasteiger partial charge on any atom is 0.230 e. The Balaban J connectivity index is 1.83. The fourth-order valence-electron chi connectivity index (χ4n) is 2.93. The molecule has 0 radical (unpaired) electrons. The number of hydrogen-bond acceptors (Lipinski definition) is 3. The molecule has 1 amide bonds. The van der Waals surface area contributed by atoms with Crippen molar-refractivity contribution in [1.29, 1.82) is 0 Å². The van der Waals surface area contributed by atoms with Crippen molar-refractivity contribution in [2.75, 3.05) is 4.90 Å². The van der Waals surface area contributed by atoms with E-state index in [1.807, 2.05) is 35.2 Å². The topological polar surface area (TPSA) is 46.3 Å². The van der Waals surface area contributed by atoms with Crippen LogP contribution in [0.15, 0.2) is 47.2 Å². The lowest BCUT2D eigenvalue weighted by Crippen LogP contribution is -2.35. The molecule has 2 atom stereocenters. The van der Waals surface area contributed by atoms with Crippen molar-refractivity contribution in [3.63, 3.8) is 0 Å². The monoisotopic (exact) mass is 300 g/mol. The van der Waals surface area contributed by atoms with E-state index in [0.29, 0.717) is 6.54 Å². The number of benzene rings is 1. The van der Waals surface area contributed by atoms with Crippen LogP contribution in [-0.2, 0) is 11.3 Å². The van der Waals surface area contributed by atoms with Crippen molar-refractivity contribution < 1.29 is 4.79 Å². The van der Waals surface area contributed by atoms with Crippen LogP contribution in [0.2, 0.25) is 0 Å². The first kappa shape index (κ1) is 14.3. The minimum absolute atomic E-state index is 0.0684. The molecule has 1 aromatic carbocycles. The molecular formula is C17H20N2OS. The molecule has 0 bridgehead atoms. The van der Waals surface area contributed by atoms with Gasteiger partial charge in [-0.05, 0) is 53.8 Å². The molecule has 1 aliphatic rings. The van der Waals surface area contributed by atoms with Gasteiger partial charge >= 0.3 is 0 Å². The first-order valence-corrected chi connectivity index (χ1v) is 8.31. The molecular weight excluding hydrogens is 280 g/mol. The number of amides is 1. The van der Waals surface area contributed by atoms with E-state index in [2.05, 4.69) is 16.8 Å². The Bertz CT molecular complexity index is 582. The molecule has 2 N–H and O–H groups in total. The quantitative estimate of drug-likeness (QED) is 0.940. The highest BCUT2D eigenvalue weighted by atomic mass is 32.1. The van der Waals surface area contributed by atoms with Gasteiger partial charge in [-0.1, -0.05) is 18.2 Å². The van der Waals surface area contributed by atoms with Gasteiger partial charge in [0.25, 0.3) is 0 Å². The van der Waals surface area contributed by atoms with E-state index < -0.39 is 0 Å². The van der Waals surface area contributed by atoms with Gasteiger partial charge in [-0.2, -0.15) is 11.3 Å². The molecule has 1 fully saturated rings. The van der Waals surface area contributed by atoms with Crippen LogP contribution in [-0.4, -0.2) is 11.9 Å². The van der Waals surface area contributed by atoms with Crippen molar-refractivity contribution in [3.8, 4) is 0 Å². The lowest BCUT2D eigenvalue weighted by atomic mass is 10.1. The smallest absolute Gasteiger partial charge is 0.230 e. The van der Waals surface area contributed by atoms with Crippen LogP contribution in [0.3, 0.4) is 0 Å². The van der Waals surface area contributed by atoms with Gasteiger partial charge in [0.2, 0.25) is 5.91 Å². The van der Waals surface area contributed by atoms with Crippen LogP contribution in [0.5, 0.6) is 0 Å². The molecule has 21 heavy (non-hydrogen) atoms. The summed E-state index contributed by atoms with van der Waals surface area (Å²) >= 11 is 1.66. The molecule has 1 aromatic heterocycles. The number of anilines is 1. The molecule has 0 aliphatic heterocycles. The van der Waals surface area contributed by atoms with Gasteiger partial charge in [0.1, 0.15) is 0 Å². The summed E-state index contributed by atoms with van der Waals surface area (Å²) in [4.78, 5) is 14.8. The second-order valence-electron chi connectivity index (χ2n) is 5.66. The summed E-state index contributed by atoms with van der Waals surface area (Å²) in [6.45, 7) is 0.637. The third-order valence-electron chi connectivity index (χ3n) is 4.08. The minimum atomic E-state index is 0.0684. The zero-order valence-corrected chi connectivity index (χ0v) is 12.8. The summed E-state index contributed by atoms with van der Waals surface area (Å²) < 4.78 is 0. The average Bonchev–Trinajstić information content (AvgIpc) is 3.16. The van der Waals surface area contributed by atoms with E-state index in [4.69, 9.17) is 5.73 Å². The first-order chi connectivity index (χ1) is 10.2. The van der Waals surface area contributed by atoms with E-state index in [0.717, 1.165) is 24.9 Å². The van der Waals surface area contributed by atoms with Gasteiger partial charge in [-0.15, -0.1) is 0 Å². The third kappa shape index (κ3) is 3.34. The van der Waals surface area contributed by atoms with Crippen molar-refractivity contribution in [2.45, 2.75) is 31.8 Å². The summed E-state index contributed by atoms with van der Waals surface area (Å²) in [6.07, 6.45) is 2.68. The Kier molecular flexibility index (Phi) is 4.36. The van der Waals surface area contributed by atoms with Crippen molar-refractivity contribution >= 4 is 22.9 Å². The maximum atomic E-state index is 12.9. The zero-order chi connectivity index (χ0) is 14.7. The number of rotatable bonds is 4. The highest BCUT2D eigenvalue weighted by Gasteiger charge is 2.31. The predicted octanol–water partition coefficient (Wildman–Crippen LogP) is 3.41. The zero-order valence-electron chi connectivity index (χ0n) is 11.9. The highest BCUT2D eigenvalue weighted by molar-refractivity contribution is 7.07. The summed E-state index contributed by atoms with van der Waals surface area (Å²) in [6, 6.07) is 12.2. The van der Waals surface area contributed by atoms with Gasteiger partial charge in [0.05, 0.1) is 6.54 Å². The molecule has 0 unspecified atom stereocenters. The van der Waals surface area contributed by atoms with Crippen molar-refractivity contribution in [2.24, 2.45) is 11.7 Å². The number of hydrogen-bond donors (Lipinski definition) is 1. The number of carbonyl (C=O) groups is 1. The predicted molar refractivity (Wildman–Crippen MR) is 87.3 cm³/mol. The third-order valence-corrected chi connectivity index (χ3v) is 4.81. The van der Waals surface area contributed by atoms with Gasteiger partial charge in [-0.3, -0.25) is 4.79 Å². The van der Waals surface area contributed by atoms with Gasteiger partial charge in [0, 0.05) is 17.6 Å². The van der Waals surface area contributed by atoms with Crippen LogP contribution < -0.4 is 10.6 Å². The molecule has 0 spiro atoms. The number of para-hydroxylation sites is 1. The lowest BCUT2D eigenvalue weighted by molar-refractivity contribution is -0.122. The van der Waals surface area contributed by atoms with E-state index in [1.165, 1.54) is 5.56 Å². The SMILES string of the molecule is N[C@@H]1CC[C@H](C(=O)N(Cc2ccsc2)c2ccccc2)C1. The van der Waals surface area contributed by atoms with Crippen LogP contribution in [0.4, 0.5) is 5.69 Å². The van der Waals surface area contributed by atoms with E-state index >= 15 is 0 Å². The number of nitrogens with zero attached hydrogens (tertiary/aromatic N) is 1. The molecule has 1 saturated carbocycles. The molecule has 1 aliphatic carbocycles. The molecule has 4 heteroatoms. The van der Waals surface area contributed by atoms with Crippen LogP contribution in [0, 0.1) is 5.92 Å². The lowest BCUT2D eigenvalue weighted by Gasteiger charge is -2.25. The van der Waals surface area contributed by atoms with Gasteiger partial charge < -0.3 is 10.6 Å². The Morgan fingerprint density at radius 3 is 2.67 bits per heavy atom. The molecule has 1 heterocycles. The van der Waals surface area contributed by atoms with Crippen molar-refractivity contribution in [1.82, 2.24) is 0 Å². The number of carbonyl (C=O) groups excluding carboxylic acids is 1. The molecule has 110 valence electrons. The minimum Gasteiger partial charge on any atom is -0.328 e. The largest absolute Gasteiger partial charge is 0.328 e. The van der Waals surface area contributed by atoms with Crippen LogP contribution in [0.1, 0.15) is 24.8 Å². The molecule has 3 rings (SSSR count). The average molecular weight is 300 g/mol. The highest BCUT2D eigenvalue weighted by Crippen LogP contribution is 2.29. The number of nitrogens with two attached hydrogens (primary N) is 1. The van der Waals surface area contributed by atoms with Crippen LogP contribution >= 0.6 is 11.3 Å². The summed E-state index contributed by atoms with van der Waals surface area (Å²) in [5.74, 6) is 0.277. The van der Waals surface area contributed by atoms with E-state index in [-0.39, 0.29) is 17.9 Å². The fraction of sp³-hybridized carbons (Fsp3) is 0.353. The Morgan fingerprint density at radius 1 is 1.24 bits per heavy atom. The second-order valence-corrected chi connectivity index (χ2v) is 6.44. The molecule has 0 saturated heterocycles. The first-order valence-electron chi connectivity index (χ1n) is 7.37. The second kappa shape index (κ2) is 6.41. The fourth-order valence-corrected chi connectivity index (χ4v) is 3.59. The Labute approximate surface area is 129 Å². The van der Waals surface area contributed by atoms with Crippen molar-refractivity contribution in [3.05, 3.63) is 52.7 Å². The molecule has 2 aromatic rings. The summed E-state index contributed by atoms with van der Waals surface area (Å²) in [5.41, 5.74) is 8.12. The van der Waals surface area contributed by atoms with Gasteiger partial charge in [0.15, 0.2) is 0 Å². The Hall–Kier alpha value is -1.65. The van der Waals surface area contributed by atoms with E-state index in [1.54, 1.807) is 11.3 Å². The van der Waals surface area contributed by atoms with E-state index in [9.17, 15) is 4.79 Å². The van der Waals surface area contributed by atoms with Crippen LogP contribution in [0.25, 0.3) is 0 Å². The standard InChI is InChI=1S/C17H20N2OS/c18-15-7-6-14(10-15)17(20)19(11-13-8-9-21-12-13)16-4-2-1-3-5-16/h1-5,8-9,12,14-15H,6-7,10-11,18H2/t14-,15+/m0/s1. The Morgan fingerprint density at radius 2 is 2.05 bits per heavy atom. The summed E-state index contributed by atoms with van der Waals surface area (Å²) in [5, 5.41) is 4.15. The normalized spacial score (nSPS) is 21.4. The number of thiophene rings is 1. The van der Waals surface area contributed by atoms with Gasteiger partial charge in [-0.25, -0.2) is 0 Å². The summed E-state index contributed by atoms with van der Waals surface area (Å²) in [7, 11) is 0.